The molecule has 7 nitrogen and oxygen atoms in total. The number of nitrogens with zero attached hydrogens (tertiary/aromatic N) is 3. The predicted molar refractivity (Wildman–Crippen MR) is 169 cm³/mol. The molecule has 0 saturated carbocycles. The fourth-order valence-corrected chi connectivity index (χ4v) is 5.85. The fraction of sp³-hybridized carbons (Fsp3) is 0.281. The van der Waals surface area contributed by atoms with Crippen LogP contribution in [-0.4, -0.2) is 27.7 Å². The van der Waals surface area contributed by atoms with Crippen molar-refractivity contribution in [3.8, 4) is 11.4 Å². The van der Waals surface area contributed by atoms with E-state index in [9.17, 15) is 4.79 Å². The van der Waals surface area contributed by atoms with Crippen LogP contribution < -0.4 is 20.3 Å². The minimum Gasteiger partial charge on any atom is -0.494 e. The number of ether oxygens (including phenoxy) is 1. The first-order valence-corrected chi connectivity index (χ1v) is 14.2. The van der Waals surface area contributed by atoms with E-state index in [1.54, 1.807) is 13.3 Å². The lowest BCUT2D eigenvalue weighted by Crippen LogP contribution is -2.30. The minimum absolute atomic E-state index is 0.0954. The van der Waals surface area contributed by atoms with Crippen molar-refractivity contribution >= 4 is 46.2 Å². The van der Waals surface area contributed by atoms with Gasteiger partial charge in [-0.3, -0.25) is 9.78 Å². The largest absolute Gasteiger partial charge is 0.494 e. The van der Waals surface area contributed by atoms with Crippen molar-refractivity contribution in [3.05, 3.63) is 101 Å². The number of methoxy groups -OCH3 is 1. The quantitative estimate of drug-likeness (QED) is 0.230. The molecule has 0 bridgehead atoms. The number of anilines is 2. The number of benzene rings is 2. The molecule has 1 fully saturated rings. The Morgan fingerprint density at radius 2 is 1.80 bits per heavy atom. The van der Waals surface area contributed by atoms with Crippen molar-refractivity contribution in [2.45, 2.75) is 46.7 Å². The van der Waals surface area contributed by atoms with Crippen LogP contribution in [0.1, 0.15) is 55.5 Å². The van der Waals surface area contributed by atoms with Gasteiger partial charge < -0.3 is 24.8 Å². The molecule has 1 saturated heterocycles. The lowest BCUT2D eigenvalue weighted by molar-refractivity contribution is -0.123. The third kappa shape index (κ3) is 5.42. The molecule has 0 aliphatic carbocycles. The number of amides is 1. The number of pyridine rings is 1. The van der Waals surface area contributed by atoms with Gasteiger partial charge in [-0.05, 0) is 74.1 Å². The van der Waals surface area contributed by atoms with Crippen LogP contribution in [0.5, 0.6) is 5.75 Å². The van der Waals surface area contributed by atoms with Gasteiger partial charge in [-0.1, -0.05) is 50.6 Å². The summed E-state index contributed by atoms with van der Waals surface area (Å²) < 4.78 is 7.91. The molecular formula is C32H34ClN5O2S. The number of rotatable bonds is 6. The van der Waals surface area contributed by atoms with E-state index in [4.69, 9.17) is 28.6 Å². The molecule has 1 aliphatic heterocycles. The van der Waals surface area contributed by atoms with E-state index >= 15 is 0 Å². The summed E-state index contributed by atoms with van der Waals surface area (Å²) in [4.78, 5) is 19.5. The molecule has 2 N–H and O–H groups in total. The molecule has 4 aromatic rings. The van der Waals surface area contributed by atoms with Crippen LogP contribution in [0, 0.1) is 19.3 Å². The monoisotopic (exact) mass is 587 g/mol. The van der Waals surface area contributed by atoms with Crippen LogP contribution in [0.4, 0.5) is 11.4 Å². The summed E-state index contributed by atoms with van der Waals surface area (Å²) >= 11 is 12.6. The maximum atomic E-state index is 12.7. The average Bonchev–Trinajstić information content (AvgIpc) is 3.44. The molecule has 2 atom stereocenters. The summed E-state index contributed by atoms with van der Waals surface area (Å²) in [6.45, 7) is 9.81. The Balaban J connectivity index is 1.64. The SMILES string of the molecule is COc1cc(N2C(=S)N[C@@H](c3ccccn3)[C@H]2c2cc(C)n(-c3ccccc3Cl)c2C)ccc1NC(=O)C(C)(C)C. The van der Waals surface area contributed by atoms with E-state index in [2.05, 4.69) is 45.0 Å². The number of nitrogens with one attached hydrogen (secondary N) is 2. The standard InChI is InChI=1S/C32H34ClN5O2S/c1-19-17-22(20(2)37(19)26-13-8-7-11-23(26)33)29-28(25-12-9-10-16-34-25)36-31(41)38(29)21-14-15-24(27(18-21)40-6)35-30(39)32(3,4)5/h7-18,28-29H,1-6H3,(H,35,39)(H,36,41)/t28-,29+/m0/s1. The van der Waals surface area contributed by atoms with Gasteiger partial charge in [-0.2, -0.15) is 0 Å². The molecule has 9 heteroatoms. The van der Waals surface area contributed by atoms with Crippen LogP contribution in [-0.2, 0) is 4.79 Å². The van der Waals surface area contributed by atoms with E-state index < -0.39 is 5.41 Å². The van der Waals surface area contributed by atoms with E-state index in [1.807, 2.05) is 81.4 Å². The summed E-state index contributed by atoms with van der Waals surface area (Å²) in [6, 6.07) is 21.2. The third-order valence-corrected chi connectivity index (χ3v) is 8.01. The number of para-hydroxylation sites is 1. The highest BCUT2D eigenvalue weighted by Crippen LogP contribution is 2.45. The zero-order valence-corrected chi connectivity index (χ0v) is 25.6. The van der Waals surface area contributed by atoms with Gasteiger partial charge in [-0.15, -0.1) is 0 Å². The summed E-state index contributed by atoms with van der Waals surface area (Å²) in [5, 5.41) is 7.77. The first-order chi connectivity index (χ1) is 19.5. The van der Waals surface area contributed by atoms with Crippen molar-refractivity contribution < 1.29 is 9.53 Å². The lowest BCUT2D eigenvalue weighted by Gasteiger charge is -2.29. The molecular weight excluding hydrogens is 554 g/mol. The number of carbonyl (C=O) groups is 1. The minimum atomic E-state index is -0.546. The number of thiocarbonyl (C=S) groups is 1. The van der Waals surface area contributed by atoms with Crippen molar-refractivity contribution in [1.82, 2.24) is 14.9 Å². The predicted octanol–water partition coefficient (Wildman–Crippen LogP) is 7.31. The number of hydrogen-bond donors (Lipinski definition) is 2. The molecule has 0 spiro atoms. The molecule has 2 aromatic heterocycles. The second-order valence-corrected chi connectivity index (χ2v) is 12.0. The second kappa shape index (κ2) is 11.2. The molecule has 212 valence electrons. The number of aromatic nitrogens is 2. The van der Waals surface area contributed by atoms with E-state index in [-0.39, 0.29) is 18.0 Å². The smallest absolute Gasteiger partial charge is 0.229 e. The van der Waals surface area contributed by atoms with Crippen LogP contribution in [0.2, 0.25) is 5.02 Å². The molecule has 41 heavy (non-hydrogen) atoms. The molecule has 0 unspecified atom stereocenters. The molecule has 0 radical (unpaired) electrons. The highest BCUT2D eigenvalue weighted by molar-refractivity contribution is 7.80. The van der Waals surface area contributed by atoms with Crippen LogP contribution in [0.25, 0.3) is 5.69 Å². The van der Waals surface area contributed by atoms with Crippen molar-refractivity contribution in [2.24, 2.45) is 5.41 Å². The zero-order valence-electron chi connectivity index (χ0n) is 24.0. The first-order valence-electron chi connectivity index (χ1n) is 13.4. The lowest BCUT2D eigenvalue weighted by atomic mass is 9.95. The Bertz CT molecular complexity index is 1610. The molecule has 2 aromatic carbocycles. The van der Waals surface area contributed by atoms with Gasteiger partial charge in [0, 0.05) is 34.8 Å². The normalized spacial score (nSPS) is 17.0. The van der Waals surface area contributed by atoms with Gasteiger partial charge in [0.05, 0.1) is 41.3 Å². The average molecular weight is 588 g/mol. The fourth-order valence-electron chi connectivity index (χ4n) is 5.28. The molecule has 1 amide bonds. The number of aryl methyl sites for hydroxylation is 1. The van der Waals surface area contributed by atoms with Gasteiger partial charge in [0.15, 0.2) is 5.11 Å². The van der Waals surface area contributed by atoms with Gasteiger partial charge in [0.1, 0.15) is 5.75 Å². The summed E-state index contributed by atoms with van der Waals surface area (Å²) in [6.07, 6.45) is 1.79. The number of halogens is 1. The number of carbonyl (C=O) groups excluding carboxylic acids is 1. The Labute approximate surface area is 251 Å². The number of hydrogen-bond acceptors (Lipinski definition) is 4. The van der Waals surface area contributed by atoms with Crippen molar-refractivity contribution in [1.29, 1.82) is 0 Å². The highest BCUT2D eigenvalue weighted by Gasteiger charge is 2.42. The van der Waals surface area contributed by atoms with Crippen LogP contribution >= 0.6 is 23.8 Å². The summed E-state index contributed by atoms with van der Waals surface area (Å²) in [5.41, 5.74) is 5.89. The Kier molecular flexibility index (Phi) is 7.81. The zero-order chi connectivity index (χ0) is 29.5. The van der Waals surface area contributed by atoms with Gasteiger partial charge in [-0.25, -0.2) is 0 Å². The highest BCUT2D eigenvalue weighted by atomic mass is 35.5. The van der Waals surface area contributed by atoms with Gasteiger partial charge >= 0.3 is 0 Å². The van der Waals surface area contributed by atoms with E-state index in [1.165, 1.54) is 0 Å². The summed E-state index contributed by atoms with van der Waals surface area (Å²) in [5.74, 6) is 0.450. The van der Waals surface area contributed by atoms with Gasteiger partial charge in [0.25, 0.3) is 0 Å². The maximum Gasteiger partial charge on any atom is 0.229 e. The molecule has 5 rings (SSSR count). The van der Waals surface area contributed by atoms with E-state index in [0.29, 0.717) is 21.6 Å². The Hall–Kier alpha value is -3.88. The Morgan fingerprint density at radius 1 is 1.07 bits per heavy atom. The first kappa shape index (κ1) is 28.6. The van der Waals surface area contributed by atoms with Gasteiger partial charge in [0.2, 0.25) is 5.91 Å². The third-order valence-electron chi connectivity index (χ3n) is 7.37. The van der Waals surface area contributed by atoms with Crippen molar-refractivity contribution in [3.63, 3.8) is 0 Å². The topological polar surface area (TPSA) is 71.4 Å². The van der Waals surface area contributed by atoms with Crippen LogP contribution in [0.3, 0.4) is 0 Å². The maximum absolute atomic E-state index is 12.7. The van der Waals surface area contributed by atoms with E-state index in [0.717, 1.165) is 34.0 Å². The Morgan fingerprint density at radius 3 is 2.46 bits per heavy atom. The molecule has 1 aliphatic rings. The second-order valence-electron chi connectivity index (χ2n) is 11.2. The summed E-state index contributed by atoms with van der Waals surface area (Å²) in [7, 11) is 1.60. The molecule has 3 heterocycles. The van der Waals surface area contributed by atoms with Crippen molar-refractivity contribution in [2.75, 3.05) is 17.3 Å². The van der Waals surface area contributed by atoms with Crippen LogP contribution in [0.15, 0.2) is 72.9 Å².